The van der Waals surface area contributed by atoms with E-state index in [2.05, 4.69) is 9.88 Å². The first kappa shape index (κ1) is 16.4. The van der Waals surface area contributed by atoms with Gasteiger partial charge in [-0.3, -0.25) is 9.69 Å². The molecule has 3 rings (SSSR count). The molecule has 0 fully saturated rings. The van der Waals surface area contributed by atoms with Crippen LogP contribution in [0.2, 0.25) is 0 Å². The van der Waals surface area contributed by atoms with Crippen LogP contribution in [0.5, 0.6) is 11.6 Å². The van der Waals surface area contributed by atoms with Crippen molar-refractivity contribution in [2.75, 3.05) is 26.9 Å². The van der Waals surface area contributed by atoms with E-state index >= 15 is 0 Å². The number of ketones is 1. The van der Waals surface area contributed by atoms with Crippen molar-refractivity contribution in [3.05, 3.63) is 53.2 Å². The van der Waals surface area contributed by atoms with E-state index in [0.717, 1.165) is 30.0 Å². The number of carbonyl (C=O) groups is 1. The third-order valence-corrected chi connectivity index (χ3v) is 4.00. The molecule has 2 heterocycles. The Hall–Kier alpha value is -2.44. The van der Waals surface area contributed by atoms with E-state index in [4.69, 9.17) is 14.6 Å². The van der Waals surface area contributed by atoms with Gasteiger partial charge in [-0.2, -0.15) is 0 Å². The summed E-state index contributed by atoms with van der Waals surface area (Å²) >= 11 is 0. The monoisotopic (exact) mass is 328 g/mol. The molecule has 0 saturated heterocycles. The Balaban J connectivity index is 1.76. The topological polar surface area (TPSA) is 71.9 Å². The first-order valence-corrected chi connectivity index (χ1v) is 7.80. The van der Waals surface area contributed by atoms with Gasteiger partial charge in [-0.15, -0.1) is 0 Å². The van der Waals surface area contributed by atoms with Gasteiger partial charge in [0.2, 0.25) is 5.88 Å². The highest BCUT2D eigenvalue weighted by Gasteiger charge is 2.17. The molecule has 0 amide bonds. The summed E-state index contributed by atoms with van der Waals surface area (Å²) in [5.74, 6) is 1.10. The number of Topliss-reactive ketones (excluding diaryl/α,β-unsaturated/α-hetero) is 1. The molecule has 6 nitrogen and oxygen atoms in total. The van der Waals surface area contributed by atoms with Crippen LogP contribution in [0.25, 0.3) is 0 Å². The lowest BCUT2D eigenvalue weighted by atomic mass is 10.1. The van der Waals surface area contributed by atoms with E-state index in [1.54, 1.807) is 31.5 Å². The van der Waals surface area contributed by atoms with Crippen molar-refractivity contribution in [1.82, 2.24) is 9.88 Å². The molecular formula is C18H20N2O4. The van der Waals surface area contributed by atoms with Crippen LogP contribution in [0.15, 0.2) is 36.5 Å². The van der Waals surface area contributed by atoms with Crippen molar-refractivity contribution in [3.8, 4) is 11.6 Å². The largest absolute Gasteiger partial charge is 0.492 e. The number of methoxy groups -OCH3 is 1. The maximum atomic E-state index is 11.7. The average molecular weight is 328 g/mol. The second kappa shape index (κ2) is 7.42. The molecule has 6 heteroatoms. The van der Waals surface area contributed by atoms with Gasteiger partial charge in [0.1, 0.15) is 19.0 Å². The highest BCUT2D eigenvalue weighted by Crippen LogP contribution is 2.25. The number of pyridine rings is 1. The van der Waals surface area contributed by atoms with Gasteiger partial charge in [0.05, 0.1) is 7.11 Å². The second-order valence-corrected chi connectivity index (χ2v) is 5.67. The number of hydrogen-bond acceptors (Lipinski definition) is 6. The molecular weight excluding hydrogens is 308 g/mol. The molecule has 126 valence electrons. The Bertz CT molecular complexity index is 715. The Morgan fingerprint density at radius 3 is 2.96 bits per heavy atom. The second-order valence-electron chi connectivity index (χ2n) is 5.67. The van der Waals surface area contributed by atoms with Gasteiger partial charge < -0.3 is 14.6 Å². The molecule has 1 aliphatic heterocycles. The smallest absolute Gasteiger partial charge is 0.212 e. The van der Waals surface area contributed by atoms with Crippen LogP contribution in [0.3, 0.4) is 0 Å². The number of rotatable bonds is 5. The van der Waals surface area contributed by atoms with Gasteiger partial charge in [-0.05, 0) is 23.8 Å². The molecule has 24 heavy (non-hydrogen) atoms. The minimum atomic E-state index is -0.485. The lowest BCUT2D eigenvalue weighted by molar-refractivity contribution is 0.0903. The van der Waals surface area contributed by atoms with Crippen LogP contribution in [-0.2, 0) is 13.1 Å². The fourth-order valence-corrected chi connectivity index (χ4v) is 2.73. The molecule has 1 aromatic heterocycles. The summed E-state index contributed by atoms with van der Waals surface area (Å²) in [5.41, 5.74) is 2.54. The predicted octanol–water partition coefficient (Wildman–Crippen LogP) is 1.66. The number of nitrogens with zero attached hydrogens (tertiary/aromatic N) is 2. The van der Waals surface area contributed by atoms with Gasteiger partial charge in [0.15, 0.2) is 5.78 Å². The minimum Gasteiger partial charge on any atom is -0.492 e. The summed E-state index contributed by atoms with van der Waals surface area (Å²) in [7, 11) is 1.59. The fraction of sp³-hybridized carbons (Fsp3) is 0.333. The summed E-state index contributed by atoms with van der Waals surface area (Å²) in [6.07, 6.45) is 1.80. The van der Waals surface area contributed by atoms with Crippen molar-refractivity contribution < 1.29 is 19.4 Å². The molecule has 0 spiro atoms. The third kappa shape index (κ3) is 3.72. The standard InChI is InChI=1S/C18H20N2O4/c1-23-18-5-2-13(9-19-18)10-20-6-7-24-17-4-3-14(16(22)12-21)8-15(17)11-20/h2-5,8-9,21H,6-7,10-12H2,1H3. The number of hydrogen-bond donors (Lipinski definition) is 1. The Morgan fingerprint density at radius 2 is 2.25 bits per heavy atom. The molecule has 0 bridgehead atoms. The first-order chi connectivity index (χ1) is 11.7. The number of aliphatic hydroxyl groups excluding tert-OH is 1. The summed E-state index contributed by atoms with van der Waals surface area (Å²) in [6.45, 7) is 2.29. The van der Waals surface area contributed by atoms with Crippen molar-refractivity contribution in [2.24, 2.45) is 0 Å². The summed E-state index contributed by atoms with van der Waals surface area (Å²) in [5, 5.41) is 9.03. The van der Waals surface area contributed by atoms with Crippen LogP contribution in [0.1, 0.15) is 21.5 Å². The number of fused-ring (bicyclic) bond motifs is 1. The average Bonchev–Trinajstić information content (AvgIpc) is 2.82. The molecule has 1 aliphatic rings. The normalized spacial score (nSPS) is 14.4. The van der Waals surface area contributed by atoms with Crippen molar-refractivity contribution >= 4 is 5.78 Å². The third-order valence-electron chi connectivity index (χ3n) is 4.00. The summed E-state index contributed by atoms with van der Waals surface area (Å²) in [4.78, 5) is 18.2. The molecule has 0 atom stereocenters. The van der Waals surface area contributed by atoms with Gasteiger partial charge in [-0.1, -0.05) is 6.07 Å². The van der Waals surface area contributed by atoms with Gasteiger partial charge in [0, 0.05) is 43.0 Å². The van der Waals surface area contributed by atoms with Crippen LogP contribution >= 0.6 is 0 Å². The van der Waals surface area contributed by atoms with E-state index in [1.165, 1.54) is 0 Å². The molecule has 1 aromatic carbocycles. The number of aliphatic hydroxyl groups is 1. The van der Waals surface area contributed by atoms with E-state index < -0.39 is 6.61 Å². The van der Waals surface area contributed by atoms with E-state index in [9.17, 15) is 4.79 Å². The van der Waals surface area contributed by atoms with E-state index in [-0.39, 0.29) is 5.78 Å². The molecule has 1 N–H and O–H groups in total. The SMILES string of the molecule is COc1ccc(CN2CCOc3ccc(C(=O)CO)cc3C2)cn1. The predicted molar refractivity (Wildman–Crippen MR) is 88.3 cm³/mol. The molecule has 2 aromatic rings. The zero-order chi connectivity index (χ0) is 16.9. The summed E-state index contributed by atoms with van der Waals surface area (Å²) in [6, 6.07) is 9.13. The van der Waals surface area contributed by atoms with Crippen LogP contribution in [0, 0.1) is 0 Å². The first-order valence-electron chi connectivity index (χ1n) is 7.80. The zero-order valence-electron chi connectivity index (χ0n) is 13.6. The zero-order valence-corrected chi connectivity index (χ0v) is 13.6. The molecule has 0 saturated carbocycles. The van der Waals surface area contributed by atoms with Crippen LogP contribution in [0.4, 0.5) is 0 Å². The van der Waals surface area contributed by atoms with Crippen LogP contribution < -0.4 is 9.47 Å². The van der Waals surface area contributed by atoms with E-state index in [1.807, 2.05) is 12.1 Å². The Labute approximate surface area is 140 Å². The highest BCUT2D eigenvalue weighted by atomic mass is 16.5. The lowest BCUT2D eigenvalue weighted by Crippen LogP contribution is -2.25. The molecule has 0 aliphatic carbocycles. The lowest BCUT2D eigenvalue weighted by Gasteiger charge is -2.19. The molecule has 0 unspecified atom stereocenters. The maximum Gasteiger partial charge on any atom is 0.212 e. The van der Waals surface area contributed by atoms with Gasteiger partial charge >= 0.3 is 0 Å². The Kier molecular flexibility index (Phi) is 5.08. The van der Waals surface area contributed by atoms with Crippen LogP contribution in [-0.4, -0.2) is 47.6 Å². The number of benzene rings is 1. The minimum absolute atomic E-state index is 0.284. The number of ether oxygens (including phenoxy) is 2. The number of carbonyl (C=O) groups excluding carboxylic acids is 1. The van der Waals surface area contributed by atoms with Crippen molar-refractivity contribution in [1.29, 1.82) is 0 Å². The highest BCUT2D eigenvalue weighted by molar-refractivity contribution is 5.97. The van der Waals surface area contributed by atoms with E-state index in [0.29, 0.717) is 24.6 Å². The molecule has 0 radical (unpaired) electrons. The Morgan fingerprint density at radius 1 is 1.38 bits per heavy atom. The van der Waals surface area contributed by atoms with Crippen molar-refractivity contribution in [3.63, 3.8) is 0 Å². The van der Waals surface area contributed by atoms with Gasteiger partial charge in [-0.25, -0.2) is 4.98 Å². The quantitative estimate of drug-likeness (QED) is 0.842. The number of aromatic nitrogens is 1. The summed E-state index contributed by atoms with van der Waals surface area (Å²) < 4.78 is 10.8. The van der Waals surface area contributed by atoms with Gasteiger partial charge in [0.25, 0.3) is 0 Å². The fourth-order valence-electron chi connectivity index (χ4n) is 2.73. The van der Waals surface area contributed by atoms with Crippen molar-refractivity contribution in [2.45, 2.75) is 13.1 Å². The maximum absolute atomic E-state index is 11.7.